The van der Waals surface area contributed by atoms with E-state index in [1.54, 1.807) is 0 Å². The average molecular weight is 367 g/mol. The molecule has 3 rings (SSSR count). The number of carbonyl (C=O) groups is 1. The van der Waals surface area contributed by atoms with Crippen LogP contribution in [0, 0.1) is 6.92 Å². The first-order chi connectivity index (χ1) is 13.1. The van der Waals surface area contributed by atoms with Gasteiger partial charge in [-0.05, 0) is 48.4 Å². The molecule has 1 amide bonds. The Morgan fingerprint density at radius 3 is 2.48 bits per heavy atom. The highest BCUT2D eigenvalue weighted by Gasteiger charge is 2.19. The Hall–Kier alpha value is -2.49. The zero-order valence-electron chi connectivity index (χ0n) is 16.3. The number of benzene rings is 2. The van der Waals surface area contributed by atoms with Gasteiger partial charge >= 0.3 is 6.09 Å². The minimum absolute atomic E-state index is 0.212. The van der Waals surface area contributed by atoms with Gasteiger partial charge in [0.05, 0.1) is 0 Å². The van der Waals surface area contributed by atoms with Gasteiger partial charge in [-0.2, -0.15) is 0 Å². The van der Waals surface area contributed by atoms with E-state index in [0.717, 1.165) is 54.4 Å². The van der Waals surface area contributed by atoms with Crippen molar-refractivity contribution in [1.29, 1.82) is 0 Å². The molecule has 0 atom stereocenters. The lowest BCUT2D eigenvalue weighted by Gasteiger charge is -2.23. The average Bonchev–Trinajstić information content (AvgIpc) is 2.67. The molecule has 1 saturated carbocycles. The minimum Gasteiger partial charge on any atom is -0.507 e. The molecule has 1 aliphatic carbocycles. The maximum absolute atomic E-state index is 12.4. The predicted octanol–water partition coefficient (Wildman–Crippen LogP) is 5.27. The molecule has 27 heavy (non-hydrogen) atoms. The molecule has 0 unspecified atom stereocenters. The third-order valence-corrected chi connectivity index (χ3v) is 5.38. The van der Waals surface area contributed by atoms with Crippen molar-refractivity contribution in [2.24, 2.45) is 0 Å². The number of nitrogens with one attached hydrogen (secondary N) is 1. The Morgan fingerprint density at radius 2 is 1.74 bits per heavy atom. The van der Waals surface area contributed by atoms with E-state index >= 15 is 0 Å². The van der Waals surface area contributed by atoms with Crippen LogP contribution in [0.1, 0.15) is 61.3 Å². The van der Waals surface area contributed by atoms with Crippen molar-refractivity contribution in [3.05, 3.63) is 58.7 Å². The lowest BCUT2D eigenvalue weighted by Crippen LogP contribution is -2.38. The Labute approximate surface area is 161 Å². The maximum Gasteiger partial charge on any atom is 0.412 e. The number of amides is 1. The fourth-order valence-electron chi connectivity index (χ4n) is 3.81. The van der Waals surface area contributed by atoms with Gasteiger partial charge in [0, 0.05) is 12.5 Å². The van der Waals surface area contributed by atoms with Crippen molar-refractivity contribution >= 4 is 6.09 Å². The zero-order chi connectivity index (χ0) is 19.2. The van der Waals surface area contributed by atoms with Crippen molar-refractivity contribution in [3.63, 3.8) is 0 Å². The summed E-state index contributed by atoms with van der Waals surface area (Å²) in [5, 5.41) is 13.5. The molecule has 0 aliphatic heterocycles. The van der Waals surface area contributed by atoms with Gasteiger partial charge in [-0.3, -0.25) is 0 Å². The summed E-state index contributed by atoms with van der Waals surface area (Å²) in [6.07, 6.45) is 6.52. The van der Waals surface area contributed by atoms with Gasteiger partial charge in [-0.1, -0.05) is 62.6 Å². The van der Waals surface area contributed by atoms with Gasteiger partial charge in [0.1, 0.15) is 11.5 Å². The number of aryl methyl sites for hydroxylation is 2. The Bertz CT molecular complexity index is 794. The van der Waals surface area contributed by atoms with E-state index in [4.69, 9.17) is 4.74 Å². The van der Waals surface area contributed by atoms with E-state index in [-0.39, 0.29) is 12.1 Å². The normalized spacial score (nSPS) is 14.7. The molecule has 2 aromatic carbocycles. The first-order valence-electron chi connectivity index (χ1n) is 9.95. The summed E-state index contributed by atoms with van der Waals surface area (Å²) < 4.78 is 5.72. The summed E-state index contributed by atoms with van der Waals surface area (Å²) in [5.41, 5.74) is 3.59. The van der Waals surface area contributed by atoms with Gasteiger partial charge in [-0.15, -0.1) is 0 Å². The molecule has 4 nitrogen and oxygen atoms in total. The molecule has 0 aromatic heterocycles. The minimum atomic E-state index is -0.385. The molecule has 0 saturated heterocycles. The van der Waals surface area contributed by atoms with Crippen LogP contribution in [0.3, 0.4) is 0 Å². The van der Waals surface area contributed by atoms with Crippen LogP contribution in [0.25, 0.3) is 0 Å². The first-order valence-corrected chi connectivity index (χ1v) is 9.95. The lowest BCUT2D eigenvalue weighted by molar-refractivity contribution is 0.191. The number of carbonyl (C=O) groups excluding carboxylic acids is 1. The number of aromatic hydroxyl groups is 1. The maximum atomic E-state index is 12.4. The van der Waals surface area contributed by atoms with Crippen LogP contribution >= 0.6 is 0 Å². The van der Waals surface area contributed by atoms with Gasteiger partial charge in [0.15, 0.2) is 0 Å². The number of phenols is 1. The fraction of sp³-hybridized carbons (Fsp3) is 0.435. The number of para-hydroxylation sites is 2. The van der Waals surface area contributed by atoms with Gasteiger partial charge in [-0.25, -0.2) is 4.79 Å². The molecule has 144 valence electrons. The van der Waals surface area contributed by atoms with Crippen molar-refractivity contribution in [1.82, 2.24) is 5.32 Å². The van der Waals surface area contributed by atoms with Crippen molar-refractivity contribution in [2.45, 2.75) is 64.8 Å². The smallest absolute Gasteiger partial charge is 0.412 e. The Kier molecular flexibility index (Phi) is 6.38. The number of ether oxygens (including phenoxy) is 1. The number of phenolic OH excluding ortho intramolecular Hbond substituents is 1. The Morgan fingerprint density at radius 1 is 1.07 bits per heavy atom. The number of hydrogen-bond donors (Lipinski definition) is 2. The molecule has 1 fully saturated rings. The highest BCUT2D eigenvalue weighted by atomic mass is 16.6. The predicted molar refractivity (Wildman–Crippen MR) is 108 cm³/mol. The summed E-state index contributed by atoms with van der Waals surface area (Å²) in [6, 6.07) is 11.9. The summed E-state index contributed by atoms with van der Waals surface area (Å²) in [6.45, 7) is 3.96. The largest absolute Gasteiger partial charge is 0.507 e. The second kappa shape index (κ2) is 8.94. The fourth-order valence-corrected chi connectivity index (χ4v) is 3.81. The van der Waals surface area contributed by atoms with E-state index in [0.29, 0.717) is 17.9 Å². The van der Waals surface area contributed by atoms with E-state index in [9.17, 15) is 9.90 Å². The van der Waals surface area contributed by atoms with Crippen molar-refractivity contribution < 1.29 is 14.6 Å². The Balaban J connectivity index is 1.77. The van der Waals surface area contributed by atoms with Crippen LogP contribution in [0.4, 0.5) is 4.79 Å². The number of hydrogen-bond acceptors (Lipinski definition) is 3. The van der Waals surface area contributed by atoms with E-state index < -0.39 is 0 Å². The summed E-state index contributed by atoms with van der Waals surface area (Å²) >= 11 is 0. The molecule has 0 heterocycles. The lowest BCUT2D eigenvalue weighted by atomic mass is 9.96. The number of rotatable bonds is 5. The second-order valence-corrected chi connectivity index (χ2v) is 7.39. The molecule has 4 heteroatoms. The second-order valence-electron chi connectivity index (χ2n) is 7.39. The van der Waals surface area contributed by atoms with Crippen LogP contribution in [-0.4, -0.2) is 17.2 Å². The quantitative estimate of drug-likeness (QED) is 0.756. The standard InChI is InChI=1S/C23H29NO3/c1-3-17-10-8-11-18(21(17)25)15-19-12-7-9-16(2)22(19)27-23(26)24-20-13-5-4-6-14-20/h7-12,20,25H,3-6,13-15H2,1-2H3,(H,24,26). The third kappa shape index (κ3) is 4.82. The van der Waals surface area contributed by atoms with E-state index in [1.807, 2.05) is 50.2 Å². The highest BCUT2D eigenvalue weighted by molar-refractivity contribution is 5.72. The molecule has 0 radical (unpaired) electrons. The molecule has 0 spiro atoms. The van der Waals surface area contributed by atoms with Crippen LogP contribution < -0.4 is 10.1 Å². The highest BCUT2D eigenvalue weighted by Crippen LogP contribution is 2.31. The topological polar surface area (TPSA) is 58.6 Å². The molecular weight excluding hydrogens is 338 g/mol. The molecule has 0 bridgehead atoms. The van der Waals surface area contributed by atoms with Crippen LogP contribution in [0.5, 0.6) is 11.5 Å². The van der Waals surface area contributed by atoms with Crippen LogP contribution in [0.2, 0.25) is 0 Å². The van der Waals surface area contributed by atoms with Crippen molar-refractivity contribution in [3.8, 4) is 11.5 Å². The molecular formula is C23H29NO3. The van der Waals surface area contributed by atoms with Crippen molar-refractivity contribution in [2.75, 3.05) is 0 Å². The van der Waals surface area contributed by atoms with Gasteiger partial charge in [0.2, 0.25) is 0 Å². The summed E-state index contributed by atoms with van der Waals surface area (Å²) in [5.74, 6) is 0.922. The summed E-state index contributed by atoms with van der Waals surface area (Å²) in [7, 11) is 0. The SMILES string of the molecule is CCc1cccc(Cc2cccc(C)c2OC(=O)NC2CCCCC2)c1O. The van der Waals surface area contributed by atoms with Gasteiger partial charge in [0.25, 0.3) is 0 Å². The summed E-state index contributed by atoms with van der Waals surface area (Å²) in [4.78, 5) is 12.4. The molecule has 2 aromatic rings. The third-order valence-electron chi connectivity index (χ3n) is 5.38. The van der Waals surface area contributed by atoms with Crippen LogP contribution in [-0.2, 0) is 12.8 Å². The van der Waals surface area contributed by atoms with Crippen LogP contribution in [0.15, 0.2) is 36.4 Å². The molecule has 2 N–H and O–H groups in total. The van der Waals surface area contributed by atoms with Gasteiger partial charge < -0.3 is 15.2 Å². The monoisotopic (exact) mass is 367 g/mol. The van der Waals surface area contributed by atoms with E-state index in [1.165, 1.54) is 6.42 Å². The first kappa shape index (κ1) is 19.3. The molecule has 1 aliphatic rings. The van der Waals surface area contributed by atoms with E-state index in [2.05, 4.69) is 5.32 Å². The zero-order valence-corrected chi connectivity index (χ0v) is 16.3.